The Bertz CT molecular complexity index is 424. The van der Waals surface area contributed by atoms with Gasteiger partial charge in [-0.1, -0.05) is 0 Å². The number of hydrogen-bond donors (Lipinski definition) is 0. The first kappa shape index (κ1) is 14.8. The summed E-state index contributed by atoms with van der Waals surface area (Å²) in [7, 11) is 0. The zero-order chi connectivity index (χ0) is 14.9. The molecule has 21 heavy (non-hydrogen) atoms. The number of nitrogens with zero attached hydrogens (tertiary/aromatic N) is 2. The van der Waals surface area contributed by atoms with Gasteiger partial charge < -0.3 is 19.3 Å². The molecule has 2 saturated heterocycles. The van der Waals surface area contributed by atoms with Crippen LogP contribution in [0, 0.1) is 5.92 Å². The van der Waals surface area contributed by atoms with E-state index in [2.05, 4.69) is 0 Å². The molecular formula is C15H24N2O4. The van der Waals surface area contributed by atoms with Crippen LogP contribution in [0.25, 0.3) is 0 Å². The monoisotopic (exact) mass is 296 g/mol. The van der Waals surface area contributed by atoms with Crippen molar-refractivity contribution in [1.82, 2.24) is 9.80 Å². The lowest BCUT2D eigenvalue weighted by molar-refractivity contribution is -0.163. The maximum absolute atomic E-state index is 12.3. The molecule has 1 spiro atoms. The van der Waals surface area contributed by atoms with Crippen LogP contribution in [-0.2, 0) is 19.1 Å². The Morgan fingerprint density at radius 3 is 2.57 bits per heavy atom. The molecule has 0 aromatic heterocycles. The van der Waals surface area contributed by atoms with E-state index >= 15 is 0 Å². The van der Waals surface area contributed by atoms with Crippen molar-refractivity contribution < 1.29 is 19.1 Å². The highest BCUT2D eigenvalue weighted by atomic mass is 16.5. The van der Waals surface area contributed by atoms with E-state index in [1.807, 2.05) is 4.90 Å². The Morgan fingerprint density at radius 1 is 1.14 bits per heavy atom. The molecule has 1 atom stereocenters. The summed E-state index contributed by atoms with van der Waals surface area (Å²) in [6.45, 7) is 5.34. The standard InChI is InChI=1S/C15H24N2O4/c1-12(18)16-4-6-20-11-15(9-16)10-17(5-7-21-15)14(19)8-13-2-3-13/h13H,2-11H2,1H3/t15-/m1/s1. The molecule has 2 amide bonds. The van der Waals surface area contributed by atoms with Gasteiger partial charge >= 0.3 is 0 Å². The van der Waals surface area contributed by atoms with Crippen LogP contribution >= 0.6 is 0 Å². The van der Waals surface area contributed by atoms with Gasteiger partial charge in [-0.25, -0.2) is 0 Å². The van der Waals surface area contributed by atoms with Crippen LogP contribution in [0.1, 0.15) is 26.2 Å². The summed E-state index contributed by atoms with van der Waals surface area (Å²) in [5, 5.41) is 0. The van der Waals surface area contributed by atoms with E-state index < -0.39 is 5.60 Å². The molecule has 1 aliphatic carbocycles. The largest absolute Gasteiger partial charge is 0.376 e. The average Bonchev–Trinajstić information content (AvgIpc) is 3.27. The molecule has 118 valence electrons. The van der Waals surface area contributed by atoms with Gasteiger partial charge in [0.1, 0.15) is 5.60 Å². The SMILES string of the molecule is CC(=O)N1CCOC[C@@]2(C1)CN(C(=O)CC1CC1)CCO2. The number of carbonyl (C=O) groups is 2. The Balaban J connectivity index is 1.66. The van der Waals surface area contributed by atoms with Crippen molar-refractivity contribution in [2.45, 2.75) is 31.8 Å². The van der Waals surface area contributed by atoms with Crippen molar-refractivity contribution >= 4 is 11.8 Å². The number of amides is 2. The maximum Gasteiger partial charge on any atom is 0.223 e. The second-order valence-electron chi connectivity index (χ2n) is 6.49. The Kier molecular flexibility index (Phi) is 4.17. The third-order valence-corrected chi connectivity index (χ3v) is 4.56. The lowest BCUT2D eigenvalue weighted by Crippen LogP contribution is -2.60. The first-order valence-corrected chi connectivity index (χ1v) is 7.83. The fourth-order valence-electron chi connectivity index (χ4n) is 3.11. The lowest BCUT2D eigenvalue weighted by atomic mass is 10.0. The van der Waals surface area contributed by atoms with E-state index in [0.29, 0.717) is 58.3 Å². The summed E-state index contributed by atoms with van der Waals surface area (Å²) in [6.07, 6.45) is 3.03. The Morgan fingerprint density at radius 2 is 1.86 bits per heavy atom. The molecule has 0 N–H and O–H groups in total. The van der Waals surface area contributed by atoms with Crippen molar-refractivity contribution in [2.24, 2.45) is 5.92 Å². The van der Waals surface area contributed by atoms with Gasteiger partial charge in [0, 0.05) is 26.4 Å². The molecule has 6 heteroatoms. The number of ether oxygens (including phenoxy) is 2. The number of hydrogen-bond acceptors (Lipinski definition) is 4. The zero-order valence-corrected chi connectivity index (χ0v) is 12.7. The molecule has 0 unspecified atom stereocenters. The molecule has 1 saturated carbocycles. The molecule has 3 fully saturated rings. The van der Waals surface area contributed by atoms with Crippen LogP contribution in [0.4, 0.5) is 0 Å². The predicted molar refractivity (Wildman–Crippen MR) is 75.7 cm³/mol. The Hall–Kier alpha value is -1.14. The van der Waals surface area contributed by atoms with Crippen LogP contribution < -0.4 is 0 Å². The van der Waals surface area contributed by atoms with Crippen LogP contribution in [0.15, 0.2) is 0 Å². The topological polar surface area (TPSA) is 59.1 Å². The number of morpholine rings is 1. The van der Waals surface area contributed by atoms with Crippen molar-refractivity contribution in [3.8, 4) is 0 Å². The van der Waals surface area contributed by atoms with Crippen molar-refractivity contribution in [1.29, 1.82) is 0 Å². The normalized spacial score (nSPS) is 30.3. The minimum Gasteiger partial charge on any atom is -0.376 e. The third kappa shape index (κ3) is 3.55. The second kappa shape index (κ2) is 5.93. The van der Waals surface area contributed by atoms with Gasteiger partial charge in [0.15, 0.2) is 0 Å². The van der Waals surface area contributed by atoms with E-state index in [1.165, 1.54) is 12.8 Å². The zero-order valence-electron chi connectivity index (χ0n) is 12.7. The molecule has 0 aromatic rings. The summed E-state index contributed by atoms with van der Waals surface area (Å²) < 4.78 is 11.6. The van der Waals surface area contributed by atoms with E-state index in [4.69, 9.17) is 9.47 Å². The molecule has 0 aromatic carbocycles. The summed E-state index contributed by atoms with van der Waals surface area (Å²) in [6, 6.07) is 0. The molecule has 2 aliphatic heterocycles. The highest BCUT2D eigenvalue weighted by molar-refractivity contribution is 5.77. The van der Waals surface area contributed by atoms with Gasteiger partial charge in [-0.15, -0.1) is 0 Å². The molecule has 0 bridgehead atoms. The fraction of sp³-hybridized carbons (Fsp3) is 0.867. The van der Waals surface area contributed by atoms with Crippen LogP contribution in [-0.4, -0.2) is 73.2 Å². The van der Waals surface area contributed by atoms with Gasteiger partial charge in [-0.05, 0) is 18.8 Å². The average molecular weight is 296 g/mol. The van der Waals surface area contributed by atoms with Crippen molar-refractivity contribution in [2.75, 3.05) is 46.0 Å². The van der Waals surface area contributed by atoms with Crippen molar-refractivity contribution in [3.05, 3.63) is 0 Å². The van der Waals surface area contributed by atoms with Gasteiger partial charge in [0.25, 0.3) is 0 Å². The minimum atomic E-state index is -0.556. The summed E-state index contributed by atoms with van der Waals surface area (Å²) in [5.41, 5.74) is -0.556. The molecule has 0 radical (unpaired) electrons. The van der Waals surface area contributed by atoms with Gasteiger partial charge in [0.2, 0.25) is 11.8 Å². The molecule has 3 aliphatic rings. The van der Waals surface area contributed by atoms with E-state index in [1.54, 1.807) is 11.8 Å². The lowest BCUT2D eigenvalue weighted by Gasteiger charge is -2.43. The van der Waals surface area contributed by atoms with Gasteiger partial charge in [0.05, 0.1) is 32.9 Å². The number of rotatable bonds is 2. The first-order chi connectivity index (χ1) is 10.1. The predicted octanol–water partition coefficient (Wildman–Crippen LogP) is 0.263. The third-order valence-electron chi connectivity index (χ3n) is 4.56. The van der Waals surface area contributed by atoms with Gasteiger partial charge in [-0.2, -0.15) is 0 Å². The highest BCUT2D eigenvalue weighted by Gasteiger charge is 2.42. The van der Waals surface area contributed by atoms with E-state index in [0.717, 1.165) is 0 Å². The van der Waals surface area contributed by atoms with E-state index in [9.17, 15) is 9.59 Å². The van der Waals surface area contributed by atoms with Crippen molar-refractivity contribution in [3.63, 3.8) is 0 Å². The molecule has 2 heterocycles. The van der Waals surface area contributed by atoms with Gasteiger partial charge in [-0.3, -0.25) is 9.59 Å². The first-order valence-electron chi connectivity index (χ1n) is 7.83. The smallest absolute Gasteiger partial charge is 0.223 e. The molecular weight excluding hydrogens is 272 g/mol. The highest BCUT2D eigenvalue weighted by Crippen LogP contribution is 2.33. The van der Waals surface area contributed by atoms with Crippen LogP contribution in [0.3, 0.4) is 0 Å². The summed E-state index contributed by atoms with van der Waals surface area (Å²) in [5.74, 6) is 0.846. The van der Waals surface area contributed by atoms with Crippen LogP contribution in [0.2, 0.25) is 0 Å². The maximum atomic E-state index is 12.3. The van der Waals surface area contributed by atoms with E-state index in [-0.39, 0.29) is 11.8 Å². The quantitative estimate of drug-likeness (QED) is 0.733. The summed E-state index contributed by atoms with van der Waals surface area (Å²) in [4.78, 5) is 27.7. The summed E-state index contributed by atoms with van der Waals surface area (Å²) >= 11 is 0. The molecule has 6 nitrogen and oxygen atoms in total. The van der Waals surface area contributed by atoms with Crippen LogP contribution in [0.5, 0.6) is 0 Å². The molecule has 3 rings (SSSR count). The minimum absolute atomic E-state index is 0.0323. The second-order valence-corrected chi connectivity index (χ2v) is 6.49. The Labute approximate surface area is 125 Å². The number of carbonyl (C=O) groups excluding carboxylic acids is 2. The fourth-order valence-corrected chi connectivity index (χ4v) is 3.11.